The number of nitro benzene ring substituents is 1. The van der Waals surface area contributed by atoms with Crippen LogP contribution in [0.3, 0.4) is 0 Å². The number of aromatic nitrogens is 3. The van der Waals surface area contributed by atoms with E-state index in [1.807, 2.05) is 35.0 Å². The summed E-state index contributed by atoms with van der Waals surface area (Å²) in [6.45, 7) is 1.73. The van der Waals surface area contributed by atoms with E-state index < -0.39 is 10.2 Å². The van der Waals surface area contributed by atoms with Crippen LogP contribution in [0.2, 0.25) is 5.02 Å². The van der Waals surface area contributed by atoms with Gasteiger partial charge in [0, 0.05) is 18.1 Å². The van der Waals surface area contributed by atoms with Crippen molar-refractivity contribution in [1.29, 1.82) is 0 Å². The maximum Gasteiger partial charge on any atom is 0.271 e. The maximum atomic E-state index is 12.6. The highest BCUT2D eigenvalue weighted by Crippen LogP contribution is 2.40. The number of carbonyl (C=O) groups excluding carboxylic acids is 1. The molecule has 1 atom stereocenters. The van der Waals surface area contributed by atoms with Crippen molar-refractivity contribution in [2.75, 3.05) is 5.32 Å². The molecule has 1 heterocycles. The summed E-state index contributed by atoms with van der Waals surface area (Å²) in [6.07, 6.45) is 2.16. The molecular weight excluding hydrogens is 426 g/mol. The fraction of sp³-hybridized carbons (Fsp3) is 0.250. The van der Waals surface area contributed by atoms with E-state index in [0.29, 0.717) is 11.1 Å². The summed E-state index contributed by atoms with van der Waals surface area (Å²) in [5, 5.41) is 18.4. The van der Waals surface area contributed by atoms with E-state index in [9.17, 15) is 14.9 Å². The zero-order valence-corrected chi connectivity index (χ0v) is 17.6. The number of thioether (sulfide) groups is 1. The molecule has 1 fully saturated rings. The Hall–Kier alpha value is -2.91. The van der Waals surface area contributed by atoms with Crippen LogP contribution < -0.4 is 5.32 Å². The molecule has 1 aliphatic rings. The second-order valence-electron chi connectivity index (χ2n) is 6.94. The Bertz CT molecular complexity index is 1100. The third-order valence-electron chi connectivity index (χ3n) is 4.63. The van der Waals surface area contributed by atoms with Gasteiger partial charge in [-0.1, -0.05) is 41.6 Å². The summed E-state index contributed by atoms with van der Waals surface area (Å²) in [4.78, 5) is 27.7. The van der Waals surface area contributed by atoms with Crippen molar-refractivity contribution in [3.63, 3.8) is 0 Å². The standard InChI is InChI=1S/C20H18ClN5O3S/c1-12(19(27)22-17-11-15(26(28)29)9-10-16(17)21)30-20-23-18(13-7-8-13)25(24-20)14-5-3-2-4-6-14/h2-6,9-13H,7-8H2,1H3,(H,22,27)/t12-/m0/s1. The Morgan fingerprint density at radius 3 is 2.70 bits per heavy atom. The molecule has 1 amide bonds. The molecule has 0 bridgehead atoms. The fourth-order valence-electron chi connectivity index (χ4n) is 2.89. The summed E-state index contributed by atoms with van der Waals surface area (Å²) < 4.78 is 1.84. The van der Waals surface area contributed by atoms with Gasteiger partial charge in [-0.15, -0.1) is 5.10 Å². The minimum atomic E-state index is -0.538. The lowest BCUT2D eigenvalue weighted by molar-refractivity contribution is -0.384. The summed E-state index contributed by atoms with van der Waals surface area (Å²) in [6, 6.07) is 13.7. The lowest BCUT2D eigenvalue weighted by Crippen LogP contribution is -2.22. The van der Waals surface area contributed by atoms with Crippen LogP contribution in [-0.2, 0) is 4.79 Å². The number of non-ortho nitro benzene ring substituents is 1. The van der Waals surface area contributed by atoms with Gasteiger partial charge in [-0.05, 0) is 38.0 Å². The van der Waals surface area contributed by atoms with E-state index in [-0.39, 0.29) is 22.3 Å². The van der Waals surface area contributed by atoms with Gasteiger partial charge in [-0.3, -0.25) is 14.9 Å². The molecule has 0 radical (unpaired) electrons. The van der Waals surface area contributed by atoms with Crippen molar-refractivity contribution in [2.45, 2.75) is 36.1 Å². The quantitative estimate of drug-likeness (QED) is 0.319. The zero-order valence-electron chi connectivity index (χ0n) is 16.0. The molecule has 3 aromatic rings. The number of para-hydroxylation sites is 1. The molecule has 0 aliphatic heterocycles. The predicted octanol–water partition coefficient (Wildman–Crippen LogP) is 4.83. The predicted molar refractivity (Wildman–Crippen MR) is 115 cm³/mol. The van der Waals surface area contributed by atoms with Gasteiger partial charge in [0.15, 0.2) is 0 Å². The molecule has 0 spiro atoms. The number of carbonyl (C=O) groups is 1. The van der Waals surface area contributed by atoms with E-state index in [1.54, 1.807) is 6.92 Å². The topological polar surface area (TPSA) is 103 Å². The summed E-state index contributed by atoms with van der Waals surface area (Å²) >= 11 is 7.30. The molecule has 2 aromatic carbocycles. The van der Waals surface area contributed by atoms with Gasteiger partial charge in [-0.25, -0.2) is 9.67 Å². The molecule has 8 nitrogen and oxygen atoms in total. The first-order chi connectivity index (χ1) is 14.4. The molecule has 0 saturated heterocycles. The van der Waals surface area contributed by atoms with E-state index in [2.05, 4.69) is 15.4 Å². The van der Waals surface area contributed by atoms with Gasteiger partial charge >= 0.3 is 0 Å². The summed E-state index contributed by atoms with van der Waals surface area (Å²) in [5.74, 6) is 0.948. The number of nitro groups is 1. The number of nitrogens with zero attached hydrogens (tertiary/aromatic N) is 4. The number of hydrogen-bond donors (Lipinski definition) is 1. The Balaban J connectivity index is 1.50. The Labute approximate surface area is 181 Å². The number of amides is 1. The van der Waals surface area contributed by atoms with E-state index >= 15 is 0 Å². The van der Waals surface area contributed by atoms with Crippen LogP contribution in [0.15, 0.2) is 53.7 Å². The van der Waals surface area contributed by atoms with E-state index in [0.717, 1.165) is 24.4 Å². The zero-order chi connectivity index (χ0) is 21.3. The van der Waals surface area contributed by atoms with Crippen LogP contribution >= 0.6 is 23.4 Å². The van der Waals surface area contributed by atoms with Gasteiger partial charge in [0.2, 0.25) is 11.1 Å². The number of hydrogen-bond acceptors (Lipinski definition) is 6. The smallest absolute Gasteiger partial charge is 0.271 e. The normalized spacial score (nSPS) is 14.3. The monoisotopic (exact) mass is 443 g/mol. The van der Waals surface area contributed by atoms with Crippen molar-refractivity contribution in [2.24, 2.45) is 0 Å². The Morgan fingerprint density at radius 2 is 2.03 bits per heavy atom. The highest BCUT2D eigenvalue weighted by Gasteiger charge is 2.31. The van der Waals surface area contributed by atoms with Crippen LogP contribution in [0.5, 0.6) is 0 Å². The summed E-state index contributed by atoms with van der Waals surface area (Å²) in [5.41, 5.74) is 0.983. The number of rotatable bonds is 7. The maximum absolute atomic E-state index is 12.6. The fourth-order valence-corrected chi connectivity index (χ4v) is 3.81. The molecule has 1 saturated carbocycles. The summed E-state index contributed by atoms with van der Waals surface area (Å²) in [7, 11) is 0. The first-order valence-corrected chi connectivity index (χ1v) is 10.6. The molecular formula is C20H18ClN5O3S. The molecule has 1 N–H and O–H groups in total. The van der Waals surface area contributed by atoms with Crippen molar-refractivity contribution in [3.8, 4) is 5.69 Å². The second-order valence-corrected chi connectivity index (χ2v) is 8.66. The van der Waals surface area contributed by atoms with Gasteiger partial charge in [0.05, 0.1) is 26.6 Å². The molecule has 30 heavy (non-hydrogen) atoms. The lowest BCUT2D eigenvalue weighted by Gasteiger charge is -2.11. The van der Waals surface area contributed by atoms with Crippen molar-refractivity contribution >= 4 is 40.6 Å². The molecule has 0 unspecified atom stereocenters. The van der Waals surface area contributed by atoms with Crippen molar-refractivity contribution in [3.05, 3.63) is 69.5 Å². The Morgan fingerprint density at radius 1 is 1.30 bits per heavy atom. The van der Waals surface area contributed by atoms with Crippen LogP contribution in [0.25, 0.3) is 5.69 Å². The minimum Gasteiger partial charge on any atom is -0.324 e. The van der Waals surface area contributed by atoms with Gasteiger partial charge < -0.3 is 5.32 Å². The minimum absolute atomic E-state index is 0.146. The number of benzene rings is 2. The SMILES string of the molecule is C[C@H](Sc1nc(C2CC2)n(-c2ccccc2)n1)C(=O)Nc1cc([N+](=O)[O-])ccc1Cl. The highest BCUT2D eigenvalue weighted by atomic mass is 35.5. The van der Waals surface area contributed by atoms with Crippen LogP contribution in [0.4, 0.5) is 11.4 Å². The second kappa shape index (κ2) is 8.45. The molecule has 1 aromatic heterocycles. The molecule has 154 valence electrons. The van der Waals surface area contributed by atoms with Crippen LogP contribution in [0, 0.1) is 10.1 Å². The number of nitrogens with one attached hydrogen (secondary N) is 1. The first-order valence-electron chi connectivity index (χ1n) is 9.36. The average Bonchev–Trinajstić information content (AvgIpc) is 3.50. The average molecular weight is 444 g/mol. The number of anilines is 1. The van der Waals surface area contributed by atoms with Gasteiger partial charge in [0.25, 0.3) is 5.69 Å². The van der Waals surface area contributed by atoms with Crippen LogP contribution in [-0.4, -0.2) is 30.8 Å². The van der Waals surface area contributed by atoms with Crippen molar-refractivity contribution < 1.29 is 9.72 Å². The van der Waals surface area contributed by atoms with Crippen LogP contribution in [0.1, 0.15) is 31.5 Å². The van der Waals surface area contributed by atoms with E-state index in [1.165, 1.54) is 30.0 Å². The lowest BCUT2D eigenvalue weighted by atomic mass is 10.2. The van der Waals surface area contributed by atoms with Gasteiger partial charge in [-0.2, -0.15) is 0 Å². The Kier molecular flexibility index (Phi) is 5.74. The highest BCUT2D eigenvalue weighted by molar-refractivity contribution is 8.00. The molecule has 4 rings (SSSR count). The largest absolute Gasteiger partial charge is 0.324 e. The first kappa shape index (κ1) is 20.4. The third-order valence-corrected chi connectivity index (χ3v) is 5.91. The molecule has 10 heteroatoms. The molecule has 1 aliphatic carbocycles. The number of halogens is 1. The van der Waals surface area contributed by atoms with E-state index in [4.69, 9.17) is 11.6 Å². The van der Waals surface area contributed by atoms with Gasteiger partial charge in [0.1, 0.15) is 5.82 Å². The third kappa shape index (κ3) is 4.47. The van der Waals surface area contributed by atoms with Crippen molar-refractivity contribution in [1.82, 2.24) is 14.8 Å².